The first-order valence-electron chi connectivity index (χ1n) is 28.0. The molecule has 1 aliphatic carbocycles. The number of carbonyl (C=O) groups excluding carboxylic acids is 10. The summed E-state index contributed by atoms with van der Waals surface area (Å²) in [6.07, 6.45) is -3.35. The van der Waals surface area contributed by atoms with Crippen LogP contribution < -0.4 is 43.2 Å². The summed E-state index contributed by atoms with van der Waals surface area (Å²) < 4.78 is 21.8. The van der Waals surface area contributed by atoms with Gasteiger partial charge in [0.05, 0.1) is 25.1 Å². The average Bonchev–Trinajstić information content (AvgIpc) is 2.07. The Bertz CT molecular complexity index is 3000. The number of amides is 8. The number of ether oxygens (including phenoxy) is 4. The summed E-state index contributed by atoms with van der Waals surface area (Å²) in [5, 5.41) is 23.6. The third kappa shape index (κ3) is 21.3. The summed E-state index contributed by atoms with van der Waals surface area (Å²) in [6.45, 7) is 15.3. The molecule has 0 bridgehead atoms. The molecule has 5 rings (SSSR count). The number of imide groups is 1. The number of aromatic amines is 1. The maximum Gasteiger partial charge on any atom is 0.422 e. The molecule has 0 spiro atoms. The van der Waals surface area contributed by atoms with Gasteiger partial charge in [-0.1, -0.05) is 66.7 Å². The number of aliphatic hydroxyl groups excluding tert-OH is 1. The molecule has 25 nitrogen and oxygen atoms in total. The number of fused-ring (bicyclic) bond motifs is 4. The molecule has 0 radical (unpaired) electrons. The van der Waals surface area contributed by atoms with Crippen molar-refractivity contribution in [2.45, 2.75) is 167 Å². The van der Waals surface area contributed by atoms with Crippen molar-refractivity contribution in [2.24, 2.45) is 5.73 Å². The average molecular weight is 1180 g/mol. The first-order chi connectivity index (χ1) is 39.8. The number of hydrazine groups is 1. The molecule has 4 aromatic rings. The lowest BCUT2D eigenvalue weighted by Gasteiger charge is -2.28. The van der Waals surface area contributed by atoms with Crippen LogP contribution in [-0.4, -0.2) is 154 Å². The van der Waals surface area contributed by atoms with Gasteiger partial charge in [-0.25, -0.2) is 15.0 Å². The van der Waals surface area contributed by atoms with E-state index in [0.29, 0.717) is 22.9 Å². The highest BCUT2D eigenvalue weighted by atomic mass is 16.6. The first kappa shape index (κ1) is 67.4. The molecule has 1 aromatic heterocycles. The molecule has 0 fully saturated rings. The third-order valence-corrected chi connectivity index (χ3v) is 13.0. The van der Waals surface area contributed by atoms with Crippen LogP contribution in [0.2, 0.25) is 0 Å². The van der Waals surface area contributed by atoms with Gasteiger partial charge in [0, 0.05) is 49.5 Å². The number of nitrogens with zero attached hydrogens (tertiary/aromatic N) is 1. The van der Waals surface area contributed by atoms with Gasteiger partial charge in [0.25, 0.3) is 5.91 Å². The van der Waals surface area contributed by atoms with Crippen molar-refractivity contribution in [2.75, 3.05) is 26.7 Å². The monoisotopic (exact) mass is 1180 g/mol. The molecule has 0 saturated heterocycles. The number of H-pyrrole nitrogens is 1. The number of hydrogen-bond donors (Lipinski definition) is 10. The lowest BCUT2D eigenvalue weighted by atomic mass is 9.98. The Kier molecular flexibility index (Phi) is 23.7. The molecule has 462 valence electrons. The van der Waals surface area contributed by atoms with E-state index in [0.717, 1.165) is 34.1 Å². The lowest BCUT2D eigenvalue weighted by Crippen LogP contribution is -2.60. The first-order valence-corrected chi connectivity index (χ1v) is 28.0. The second-order valence-electron chi connectivity index (χ2n) is 23.8. The Morgan fingerprint density at radius 2 is 1.21 bits per heavy atom. The standard InChI is InChI=1S/C60H82N10O15/c1-34(71)50(67-47(72)32-70(11)55(79)42(61)24-18-28-63-69-57(81)85-60(8,9)10)54(78)66-46(30-49(74)84-59(5,6)7)52(76)64-44(26-27-48(73)83-58(2,3)4)51(75)65-45(29-35-31-62-43-25-17-16-19-36(35)43)53(77)68-56(80)82-33-41-39-22-14-12-20-37(39)38-21-13-15-23-40(38)41/h12-17,19-23,25,31,34,41-42,44-46,50,62-63,71H,18,24,26-30,32-33,61H2,1-11H3,(H,64,76)(H,65,75)(H,66,78)(H,67,72)(H,69,81)(H,68,77,80)/t34-,42+,44-,45+,46+,50+/m1/s1. The minimum Gasteiger partial charge on any atom is -0.460 e. The fourth-order valence-corrected chi connectivity index (χ4v) is 9.21. The largest absolute Gasteiger partial charge is 0.460 e. The molecular weight excluding hydrogens is 1100 g/mol. The number of para-hydroxylation sites is 1. The molecule has 0 unspecified atom stereocenters. The summed E-state index contributed by atoms with van der Waals surface area (Å²) in [6, 6.07) is 14.5. The van der Waals surface area contributed by atoms with E-state index in [1.54, 1.807) is 92.8 Å². The molecule has 1 heterocycles. The van der Waals surface area contributed by atoms with Crippen LogP contribution >= 0.6 is 0 Å². The number of benzene rings is 3. The Hall–Kier alpha value is -8.42. The predicted octanol–water partition coefficient (Wildman–Crippen LogP) is 3.54. The van der Waals surface area contributed by atoms with Crippen LogP contribution in [0.1, 0.15) is 124 Å². The van der Waals surface area contributed by atoms with Crippen LogP contribution in [0.5, 0.6) is 0 Å². The van der Waals surface area contributed by atoms with E-state index in [9.17, 15) is 53.1 Å². The van der Waals surface area contributed by atoms with E-state index < -0.39 is 138 Å². The second-order valence-corrected chi connectivity index (χ2v) is 23.8. The van der Waals surface area contributed by atoms with Crippen LogP contribution in [0.4, 0.5) is 9.59 Å². The fraction of sp³-hybridized carbons (Fsp3) is 0.500. The van der Waals surface area contributed by atoms with Crippen LogP contribution in [0.15, 0.2) is 79.0 Å². The molecule has 3 aromatic carbocycles. The Labute approximate surface area is 494 Å². The molecule has 85 heavy (non-hydrogen) atoms. The second kappa shape index (κ2) is 29.9. The van der Waals surface area contributed by atoms with E-state index in [4.69, 9.17) is 24.7 Å². The summed E-state index contributed by atoms with van der Waals surface area (Å²) in [7, 11) is 1.29. The maximum absolute atomic E-state index is 14.7. The zero-order valence-electron chi connectivity index (χ0n) is 50.1. The summed E-state index contributed by atoms with van der Waals surface area (Å²) in [5.74, 6) is -8.06. The fourth-order valence-electron chi connectivity index (χ4n) is 9.21. The maximum atomic E-state index is 14.7. The minimum absolute atomic E-state index is 0.135. The smallest absolute Gasteiger partial charge is 0.422 e. The molecule has 1 aliphatic rings. The van der Waals surface area contributed by atoms with Crippen molar-refractivity contribution in [3.63, 3.8) is 0 Å². The van der Waals surface area contributed by atoms with Gasteiger partial charge in [-0.05, 0) is 122 Å². The van der Waals surface area contributed by atoms with Crippen LogP contribution in [0, 0.1) is 0 Å². The number of aliphatic hydroxyl groups is 1. The van der Waals surface area contributed by atoms with Crippen molar-refractivity contribution in [3.8, 4) is 11.1 Å². The van der Waals surface area contributed by atoms with Crippen LogP contribution in [-0.2, 0) is 63.7 Å². The highest BCUT2D eigenvalue weighted by Gasteiger charge is 2.37. The van der Waals surface area contributed by atoms with Gasteiger partial charge in [0.15, 0.2) is 0 Å². The van der Waals surface area contributed by atoms with Crippen molar-refractivity contribution in [1.29, 1.82) is 0 Å². The highest BCUT2D eigenvalue weighted by molar-refractivity contribution is 6.00. The summed E-state index contributed by atoms with van der Waals surface area (Å²) >= 11 is 0. The number of alkyl carbamates (subject to hydrolysis) is 1. The van der Waals surface area contributed by atoms with E-state index in [1.165, 1.54) is 7.05 Å². The lowest BCUT2D eigenvalue weighted by molar-refractivity contribution is -0.157. The Morgan fingerprint density at radius 1 is 0.659 bits per heavy atom. The Morgan fingerprint density at radius 3 is 1.82 bits per heavy atom. The van der Waals surface area contributed by atoms with Crippen LogP contribution in [0.3, 0.4) is 0 Å². The van der Waals surface area contributed by atoms with Crippen molar-refractivity contribution in [1.82, 2.24) is 47.3 Å². The molecule has 25 heteroatoms. The zero-order chi connectivity index (χ0) is 63.0. The zero-order valence-corrected chi connectivity index (χ0v) is 50.1. The van der Waals surface area contributed by atoms with Gasteiger partial charge in [0.2, 0.25) is 29.5 Å². The normalized spacial score (nSPS) is 14.3. The molecule has 11 N–H and O–H groups in total. The third-order valence-electron chi connectivity index (χ3n) is 13.0. The van der Waals surface area contributed by atoms with E-state index >= 15 is 0 Å². The van der Waals surface area contributed by atoms with E-state index in [2.05, 4.69) is 42.4 Å². The van der Waals surface area contributed by atoms with E-state index in [-0.39, 0.29) is 31.9 Å². The van der Waals surface area contributed by atoms with Gasteiger partial charge in [-0.3, -0.25) is 49.1 Å². The molecule has 0 aliphatic heterocycles. The molecular formula is C60H82N10O15. The summed E-state index contributed by atoms with van der Waals surface area (Å²) in [4.78, 5) is 140. The van der Waals surface area contributed by atoms with E-state index in [1.807, 2.05) is 48.5 Å². The van der Waals surface area contributed by atoms with Crippen LogP contribution in [0.25, 0.3) is 22.0 Å². The van der Waals surface area contributed by atoms with Gasteiger partial charge < -0.3 is 60.9 Å². The number of rotatable bonds is 26. The minimum atomic E-state index is -1.88. The molecule has 0 saturated carbocycles. The number of hydrogen-bond acceptors (Lipinski definition) is 17. The van der Waals surface area contributed by atoms with Gasteiger partial charge in [-0.2, -0.15) is 0 Å². The highest BCUT2D eigenvalue weighted by Crippen LogP contribution is 2.44. The van der Waals surface area contributed by atoms with Crippen molar-refractivity contribution >= 4 is 70.5 Å². The number of aromatic nitrogens is 1. The number of esters is 2. The number of nitrogens with one attached hydrogen (secondary N) is 8. The Balaban J connectivity index is 1.34. The number of carbonyl (C=O) groups is 10. The van der Waals surface area contributed by atoms with Crippen molar-refractivity contribution in [3.05, 3.63) is 95.7 Å². The van der Waals surface area contributed by atoms with Gasteiger partial charge >= 0.3 is 24.1 Å². The van der Waals surface area contributed by atoms with Gasteiger partial charge in [0.1, 0.15) is 47.6 Å². The summed E-state index contributed by atoms with van der Waals surface area (Å²) in [5.41, 5.74) is 13.5. The SMILES string of the molecule is C[C@@H](O)[C@H](NC(=O)CN(C)C(=O)[C@@H](N)CCCNNC(=O)OC(C)(C)C)C(=O)N[C@@H](CC(=O)OC(C)(C)C)C(=O)N[C@H](CCC(=O)OC(C)(C)C)C(=O)N[C@@H](Cc1c[nH]c2ccccc12)C(=O)NC(=O)OCC1c2ccccc2-c2ccccc21. The molecule has 6 atom stereocenters. The van der Waals surface area contributed by atoms with Crippen molar-refractivity contribution < 1.29 is 72.0 Å². The van der Waals surface area contributed by atoms with Gasteiger partial charge in [-0.15, -0.1) is 0 Å². The number of nitrogens with two attached hydrogens (primary N) is 1. The quantitative estimate of drug-likeness (QED) is 0.0186. The number of likely N-dealkylation sites (N-methyl/N-ethyl adjacent to an activating group) is 1. The topological polar surface area (TPSA) is 357 Å². The molecule has 8 amide bonds. The predicted molar refractivity (Wildman–Crippen MR) is 312 cm³/mol.